The van der Waals surface area contributed by atoms with Gasteiger partial charge in [0.15, 0.2) is 0 Å². The van der Waals surface area contributed by atoms with Crippen molar-refractivity contribution in [2.45, 2.75) is 6.42 Å². The third kappa shape index (κ3) is 2.72. The van der Waals surface area contributed by atoms with Crippen molar-refractivity contribution in [2.24, 2.45) is 0 Å². The maximum atomic E-state index is 8.25. The van der Waals surface area contributed by atoms with E-state index in [0.29, 0.717) is 6.42 Å². The molecule has 0 amide bonds. The second-order valence-corrected chi connectivity index (χ2v) is 2.20. The van der Waals surface area contributed by atoms with Crippen molar-refractivity contribution in [3.8, 4) is 6.07 Å². The number of nitriles is 1. The fraction of sp³-hybridized carbons (Fsp3) is 0.222. The number of benzene rings is 1. The minimum Gasteiger partial charge on any atom is -0.384 e. The number of anilines is 1. The smallest absolute Gasteiger partial charge is 0.0640 e. The second-order valence-electron chi connectivity index (χ2n) is 2.20. The van der Waals surface area contributed by atoms with E-state index < -0.39 is 0 Å². The molecule has 11 heavy (non-hydrogen) atoms. The third-order valence-electron chi connectivity index (χ3n) is 1.34. The highest BCUT2D eigenvalue weighted by molar-refractivity contribution is 5.42. The van der Waals surface area contributed by atoms with Gasteiger partial charge in [0.25, 0.3) is 0 Å². The summed E-state index contributed by atoms with van der Waals surface area (Å²) in [4.78, 5) is 0. The van der Waals surface area contributed by atoms with Crippen LogP contribution in [0.4, 0.5) is 5.69 Å². The van der Waals surface area contributed by atoms with Gasteiger partial charge >= 0.3 is 0 Å². The first-order valence-electron chi connectivity index (χ1n) is 3.59. The van der Waals surface area contributed by atoms with Crippen LogP contribution in [0, 0.1) is 11.3 Å². The van der Waals surface area contributed by atoms with Gasteiger partial charge in [0.1, 0.15) is 0 Å². The fourth-order valence-corrected chi connectivity index (χ4v) is 0.819. The molecule has 0 spiro atoms. The number of hydrogen-bond acceptors (Lipinski definition) is 2. The van der Waals surface area contributed by atoms with E-state index in [0.717, 1.165) is 12.2 Å². The van der Waals surface area contributed by atoms with E-state index in [2.05, 4.69) is 11.4 Å². The Bertz CT molecular complexity index is 235. The maximum absolute atomic E-state index is 8.25. The van der Waals surface area contributed by atoms with Gasteiger partial charge in [0.05, 0.1) is 12.5 Å². The number of rotatable bonds is 3. The molecule has 0 atom stereocenters. The normalized spacial score (nSPS) is 8.64. The molecular formula is C9H10N2. The van der Waals surface area contributed by atoms with Crippen molar-refractivity contribution in [1.82, 2.24) is 0 Å². The quantitative estimate of drug-likeness (QED) is 0.662. The van der Waals surface area contributed by atoms with Crippen LogP contribution in [0.15, 0.2) is 30.3 Å². The van der Waals surface area contributed by atoms with Crippen LogP contribution in [0.2, 0.25) is 0 Å². The zero-order valence-electron chi connectivity index (χ0n) is 6.25. The van der Waals surface area contributed by atoms with E-state index in [9.17, 15) is 0 Å². The Morgan fingerprint density at radius 1 is 1.27 bits per heavy atom. The Labute approximate surface area is 66.5 Å². The molecule has 0 saturated carbocycles. The average Bonchev–Trinajstić information content (AvgIpc) is 2.07. The molecule has 0 aliphatic carbocycles. The summed E-state index contributed by atoms with van der Waals surface area (Å²) in [5, 5.41) is 11.4. The van der Waals surface area contributed by atoms with Crippen molar-refractivity contribution < 1.29 is 0 Å². The highest BCUT2D eigenvalue weighted by Crippen LogP contribution is 2.03. The molecule has 1 rings (SSSR count). The zero-order valence-corrected chi connectivity index (χ0v) is 6.25. The lowest BCUT2D eigenvalue weighted by Crippen LogP contribution is -1.99. The molecule has 2 heteroatoms. The Balaban J connectivity index is 2.35. The van der Waals surface area contributed by atoms with Crippen LogP contribution in [-0.2, 0) is 0 Å². The molecule has 0 aromatic heterocycles. The van der Waals surface area contributed by atoms with Gasteiger partial charge in [0.2, 0.25) is 0 Å². The highest BCUT2D eigenvalue weighted by Gasteiger charge is 1.86. The molecule has 1 aromatic rings. The topological polar surface area (TPSA) is 35.8 Å². The standard InChI is InChI=1S/C9H10N2/c10-7-4-8-11-9-5-2-1-3-6-9/h1-3,5-6,11H,4,8H2. The van der Waals surface area contributed by atoms with E-state index in [1.54, 1.807) is 0 Å². The van der Waals surface area contributed by atoms with Gasteiger partial charge in [-0.05, 0) is 12.1 Å². The van der Waals surface area contributed by atoms with Crippen molar-refractivity contribution in [2.75, 3.05) is 11.9 Å². The molecule has 0 bridgehead atoms. The molecule has 56 valence electrons. The second kappa shape index (κ2) is 4.35. The van der Waals surface area contributed by atoms with Crippen LogP contribution in [0.1, 0.15) is 6.42 Å². The minimum atomic E-state index is 0.550. The summed E-state index contributed by atoms with van der Waals surface area (Å²) in [5.41, 5.74) is 1.07. The first-order valence-corrected chi connectivity index (χ1v) is 3.59. The molecule has 0 fully saturated rings. The van der Waals surface area contributed by atoms with Crippen LogP contribution in [-0.4, -0.2) is 6.54 Å². The summed E-state index contributed by atoms with van der Waals surface area (Å²) in [7, 11) is 0. The number of hydrogen-bond donors (Lipinski definition) is 1. The molecule has 1 N–H and O–H groups in total. The molecule has 0 saturated heterocycles. The molecule has 0 heterocycles. The van der Waals surface area contributed by atoms with Crippen LogP contribution in [0.3, 0.4) is 0 Å². The van der Waals surface area contributed by atoms with Crippen LogP contribution >= 0.6 is 0 Å². The van der Waals surface area contributed by atoms with Crippen LogP contribution in [0.25, 0.3) is 0 Å². The van der Waals surface area contributed by atoms with Gasteiger partial charge in [-0.25, -0.2) is 0 Å². The summed E-state index contributed by atoms with van der Waals surface area (Å²) in [5.74, 6) is 0. The third-order valence-corrected chi connectivity index (χ3v) is 1.34. The lowest BCUT2D eigenvalue weighted by atomic mass is 10.3. The summed E-state index contributed by atoms with van der Waals surface area (Å²) in [6, 6.07) is 11.9. The van der Waals surface area contributed by atoms with Crippen molar-refractivity contribution in [1.29, 1.82) is 5.26 Å². The van der Waals surface area contributed by atoms with Crippen molar-refractivity contribution in [3.05, 3.63) is 30.3 Å². The summed E-state index contributed by atoms with van der Waals surface area (Å²) in [6.07, 6.45) is 0.550. The van der Waals surface area contributed by atoms with Crippen LogP contribution < -0.4 is 5.32 Å². The van der Waals surface area contributed by atoms with Gasteiger partial charge in [-0.2, -0.15) is 5.26 Å². The van der Waals surface area contributed by atoms with Crippen molar-refractivity contribution >= 4 is 5.69 Å². The Kier molecular flexibility index (Phi) is 3.01. The van der Waals surface area contributed by atoms with E-state index in [1.165, 1.54) is 0 Å². The Morgan fingerprint density at radius 3 is 2.64 bits per heavy atom. The van der Waals surface area contributed by atoms with E-state index in [4.69, 9.17) is 5.26 Å². The largest absolute Gasteiger partial charge is 0.384 e. The van der Waals surface area contributed by atoms with Crippen LogP contribution in [0.5, 0.6) is 0 Å². The van der Waals surface area contributed by atoms with Gasteiger partial charge in [-0.3, -0.25) is 0 Å². The lowest BCUT2D eigenvalue weighted by molar-refractivity contribution is 1.08. The molecule has 1 aromatic carbocycles. The lowest BCUT2D eigenvalue weighted by Gasteiger charge is -2.01. The first kappa shape index (κ1) is 7.62. The van der Waals surface area contributed by atoms with E-state index in [1.807, 2.05) is 30.3 Å². The minimum absolute atomic E-state index is 0.550. The predicted octanol–water partition coefficient (Wildman–Crippen LogP) is 2.01. The predicted molar refractivity (Wildman–Crippen MR) is 45.2 cm³/mol. The molecule has 2 nitrogen and oxygen atoms in total. The fourth-order valence-electron chi connectivity index (χ4n) is 0.819. The molecular weight excluding hydrogens is 136 g/mol. The van der Waals surface area contributed by atoms with Gasteiger partial charge in [0, 0.05) is 12.2 Å². The number of para-hydroxylation sites is 1. The average molecular weight is 146 g/mol. The number of nitrogens with one attached hydrogen (secondary N) is 1. The van der Waals surface area contributed by atoms with Gasteiger partial charge in [-0.15, -0.1) is 0 Å². The van der Waals surface area contributed by atoms with E-state index in [-0.39, 0.29) is 0 Å². The Morgan fingerprint density at radius 2 is 2.00 bits per heavy atom. The molecule has 0 aliphatic rings. The SMILES string of the molecule is N#CCCNc1ccccc1. The molecule has 0 radical (unpaired) electrons. The summed E-state index contributed by atoms with van der Waals surface area (Å²) in [6.45, 7) is 0.723. The van der Waals surface area contributed by atoms with Gasteiger partial charge in [-0.1, -0.05) is 18.2 Å². The van der Waals surface area contributed by atoms with Gasteiger partial charge < -0.3 is 5.32 Å². The maximum Gasteiger partial charge on any atom is 0.0640 e. The summed E-state index contributed by atoms with van der Waals surface area (Å²) < 4.78 is 0. The molecule has 0 unspecified atom stereocenters. The number of nitrogens with zero attached hydrogens (tertiary/aromatic N) is 1. The Hall–Kier alpha value is -1.49. The zero-order chi connectivity index (χ0) is 7.94. The monoisotopic (exact) mass is 146 g/mol. The summed E-state index contributed by atoms with van der Waals surface area (Å²) >= 11 is 0. The van der Waals surface area contributed by atoms with E-state index >= 15 is 0 Å². The van der Waals surface area contributed by atoms with Crippen molar-refractivity contribution in [3.63, 3.8) is 0 Å². The highest BCUT2D eigenvalue weighted by atomic mass is 14.9. The molecule has 0 aliphatic heterocycles. The first-order chi connectivity index (χ1) is 5.43.